The van der Waals surface area contributed by atoms with Crippen molar-refractivity contribution < 1.29 is 5.11 Å². The molecule has 3 aromatic rings. The molecule has 0 aliphatic rings. The van der Waals surface area contributed by atoms with E-state index in [1.807, 2.05) is 0 Å². The lowest BCUT2D eigenvalue weighted by molar-refractivity contribution is 0.176. The van der Waals surface area contributed by atoms with Gasteiger partial charge in [-0.2, -0.15) is 0 Å². The Morgan fingerprint density at radius 1 is 1.00 bits per heavy atom. The molecule has 0 bridgehead atoms. The highest BCUT2D eigenvalue weighted by molar-refractivity contribution is 7.17. The molecular formula is C19H20OS. The van der Waals surface area contributed by atoms with Crippen molar-refractivity contribution >= 4 is 21.4 Å². The fourth-order valence-electron chi connectivity index (χ4n) is 2.72. The molecule has 0 saturated carbocycles. The number of hydrogen-bond acceptors (Lipinski definition) is 2. The van der Waals surface area contributed by atoms with E-state index in [9.17, 15) is 5.11 Å². The van der Waals surface area contributed by atoms with Crippen molar-refractivity contribution in [3.8, 4) is 0 Å². The topological polar surface area (TPSA) is 20.2 Å². The lowest BCUT2D eigenvalue weighted by Gasteiger charge is -2.11. The molecule has 1 aromatic heterocycles. The van der Waals surface area contributed by atoms with Crippen LogP contribution in [0.4, 0.5) is 0 Å². The average molecular weight is 296 g/mol. The van der Waals surface area contributed by atoms with Gasteiger partial charge in [0.25, 0.3) is 0 Å². The van der Waals surface area contributed by atoms with Crippen molar-refractivity contribution in [3.05, 3.63) is 70.1 Å². The summed E-state index contributed by atoms with van der Waals surface area (Å²) in [6, 6.07) is 14.9. The molecule has 0 fully saturated rings. The number of rotatable bonds is 4. The fourth-order valence-corrected chi connectivity index (χ4v) is 3.70. The first kappa shape index (κ1) is 14.3. The van der Waals surface area contributed by atoms with Crippen LogP contribution in [0.25, 0.3) is 10.1 Å². The fraction of sp³-hybridized carbons (Fsp3) is 0.263. The van der Waals surface area contributed by atoms with Crippen LogP contribution in [0.5, 0.6) is 0 Å². The maximum absolute atomic E-state index is 10.4. The van der Waals surface area contributed by atoms with Gasteiger partial charge >= 0.3 is 0 Å². The number of thiophene rings is 1. The molecule has 0 aliphatic carbocycles. The van der Waals surface area contributed by atoms with Gasteiger partial charge in [0.15, 0.2) is 0 Å². The van der Waals surface area contributed by atoms with Crippen molar-refractivity contribution in [1.82, 2.24) is 0 Å². The quantitative estimate of drug-likeness (QED) is 0.742. The molecule has 1 N–H and O–H groups in total. The Bertz CT molecular complexity index is 757. The van der Waals surface area contributed by atoms with Crippen LogP contribution in [0.2, 0.25) is 0 Å². The predicted octanol–water partition coefficient (Wildman–Crippen LogP) is 4.66. The molecule has 1 atom stereocenters. The van der Waals surface area contributed by atoms with Crippen molar-refractivity contribution in [2.24, 2.45) is 0 Å². The van der Waals surface area contributed by atoms with Crippen LogP contribution < -0.4 is 0 Å². The van der Waals surface area contributed by atoms with Crippen molar-refractivity contribution in [3.63, 3.8) is 0 Å². The van der Waals surface area contributed by atoms with Gasteiger partial charge in [-0.25, -0.2) is 0 Å². The lowest BCUT2D eigenvalue weighted by atomic mass is 9.98. The summed E-state index contributed by atoms with van der Waals surface area (Å²) in [5.41, 5.74) is 5.06. The summed E-state index contributed by atoms with van der Waals surface area (Å²) >= 11 is 1.76. The zero-order valence-electron chi connectivity index (χ0n) is 12.5. The van der Waals surface area contributed by atoms with E-state index in [1.54, 1.807) is 11.3 Å². The van der Waals surface area contributed by atoms with E-state index in [-0.39, 0.29) is 6.10 Å². The molecule has 108 valence electrons. The third-order valence-corrected chi connectivity index (χ3v) is 5.07. The first-order chi connectivity index (χ1) is 10.1. The smallest absolute Gasteiger partial charge is 0.0621 e. The summed E-state index contributed by atoms with van der Waals surface area (Å²) in [6.45, 7) is 4.24. The molecule has 0 amide bonds. The summed E-state index contributed by atoms with van der Waals surface area (Å²) in [4.78, 5) is 0. The van der Waals surface area contributed by atoms with Gasteiger partial charge < -0.3 is 5.11 Å². The van der Waals surface area contributed by atoms with Crippen LogP contribution in [0, 0.1) is 13.8 Å². The van der Waals surface area contributed by atoms with Gasteiger partial charge in [0, 0.05) is 11.1 Å². The highest BCUT2D eigenvalue weighted by Crippen LogP contribution is 2.27. The third-order valence-electron chi connectivity index (χ3n) is 4.06. The monoisotopic (exact) mass is 296 g/mol. The largest absolute Gasteiger partial charge is 0.392 e. The molecule has 1 unspecified atom stereocenters. The van der Waals surface area contributed by atoms with Crippen molar-refractivity contribution in [2.75, 3.05) is 0 Å². The maximum Gasteiger partial charge on any atom is 0.0621 e. The molecule has 0 aliphatic heterocycles. The van der Waals surface area contributed by atoms with Gasteiger partial charge in [0.2, 0.25) is 0 Å². The van der Waals surface area contributed by atoms with Crippen LogP contribution >= 0.6 is 11.3 Å². The van der Waals surface area contributed by atoms with Gasteiger partial charge in [-0.1, -0.05) is 36.4 Å². The van der Waals surface area contributed by atoms with Gasteiger partial charge in [-0.05, 0) is 59.4 Å². The second-order valence-electron chi connectivity index (χ2n) is 5.74. The van der Waals surface area contributed by atoms with E-state index < -0.39 is 0 Å². The highest BCUT2D eigenvalue weighted by atomic mass is 32.1. The van der Waals surface area contributed by atoms with Crippen molar-refractivity contribution in [1.29, 1.82) is 0 Å². The summed E-state index contributed by atoms with van der Waals surface area (Å²) in [7, 11) is 0. The normalized spacial score (nSPS) is 12.7. The van der Waals surface area contributed by atoms with Gasteiger partial charge in [0.1, 0.15) is 0 Å². The average Bonchev–Trinajstić information content (AvgIpc) is 2.86. The molecule has 0 radical (unpaired) electrons. The number of benzene rings is 2. The minimum Gasteiger partial charge on any atom is -0.392 e. The van der Waals surface area contributed by atoms with E-state index in [0.717, 1.165) is 6.42 Å². The SMILES string of the molecule is Cc1ccc(CC(O)Cc2csc3ccccc23)cc1C. The highest BCUT2D eigenvalue weighted by Gasteiger charge is 2.11. The van der Waals surface area contributed by atoms with Gasteiger partial charge in [-0.3, -0.25) is 0 Å². The number of hydrogen-bond donors (Lipinski definition) is 1. The molecule has 0 spiro atoms. The standard InChI is InChI=1S/C19H20OS/c1-13-7-8-15(9-14(13)2)10-17(20)11-16-12-21-19-6-4-3-5-18(16)19/h3-9,12,17,20H,10-11H2,1-2H3. The van der Waals surface area contributed by atoms with Crippen LogP contribution in [-0.2, 0) is 12.8 Å². The summed E-state index contributed by atoms with van der Waals surface area (Å²) in [5.74, 6) is 0. The minimum atomic E-state index is -0.329. The van der Waals surface area contributed by atoms with Crippen LogP contribution in [0.3, 0.4) is 0 Å². The maximum atomic E-state index is 10.4. The number of aliphatic hydroxyl groups is 1. The molecule has 1 heterocycles. The molecular weight excluding hydrogens is 276 g/mol. The van der Waals surface area contributed by atoms with Crippen molar-refractivity contribution in [2.45, 2.75) is 32.8 Å². The molecule has 1 nitrogen and oxygen atoms in total. The number of aliphatic hydroxyl groups excluding tert-OH is 1. The van der Waals surface area contributed by atoms with Crippen LogP contribution in [-0.4, -0.2) is 11.2 Å². The van der Waals surface area contributed by atoms with Gasteiger partial charge in [0.05, 0.1) is 6.10 Å². The number of aryl methyl sites for hydroxylation is 2. The van der Waals surface area contributed by atoms with Crippen LogP contribution in [0.15, 0.2) is 47.8 Å². The van der Waals surface area contributed by atoms with E-state index in [4.69, 9.17) is 0 Å². The Hall–Kier alpha value is -1.64. The Balaban J connectivity index is 1.74. The molecule has 2 heteroatoms. The second-order valence-corrected chi connectivity index (χ2v) is 6.65. The summed E-state index contributed by atoms with van der Waals surface area (Å²) in [6.07, 6.45) is 1.10. The first-order valence-corrected chi connectivity index (χ1v) is 8.21. The Morgan fingerprint density at radius 3 is 2.62 bits per heavy atom. The summed E-state index contributed by atoms with van der Waals surface area (Å²) in [5, 5.41) is 13.9. The molecule has 21 heavy (non-hydrogen) atoms. The van der Waals surface area contributed by atoms with E-state index in [0.29, 0.717) is 6.42 Å². The minimum absolute atomic E-state index is 0.329. The molecule has 0 saturated heterocycles. The Kier molecular flexibility index (Phi) is 4.09. The van der Waals surface area contributed by atoms with E-state index in [2.05, 4.69) is 61.7 Å². The Morgan fingerprint density at radius 2 is 1.81 bits per heavy atom. The first-order valence-electron chi connectivity index (χ1n) is 7.33. The lowest BCUT2D eigenvalue weighted by Crippen LogP contribution is -2.13. The second kappa shape index (κ2) is 6.00. The Labute approximate surface area is 129 Å². The molecule has 3 rings (SSSR count). The molecule has 2 aromatic carbocycles. The predicted molar refractivity (Wildman–Crippen MR) is 91.2 cm³/mol. The zero-order chi connectivity index (χ0) is 14.8. The third kappa shape index (κ3) is 3.17. The van der Waals surface area contributed by atoms with E-state index >= 15 is 0 Å². The van der Waals surface area contributed by atoms with E-state index in [1.165, 1.54) is 32.3 Å². The van der Waals surface area contributed by atoms with Gasteiger partial charge in [-0.15, -0.1) is 11.3 Å². The zero-order valence-corrected chi connectivity index (χ0v) is 13.3. The summed E-state index contributed by atoms with van der Waals surface area (Å²) < 4.78 is 1.30. The number of fused-ring (bicyclic) bond motifs is 1. The van der Waals surface area contributed by atoms with Crippen LogP contribution in [0.1, 0.15) is 22.3 Å².